The molecule has 0 saturated carbocycles. The van der Waals surface area contributed by atoms with Gasteiger partial charge in [-0.05, 0) is 47.5 Å². The number of azide groups is 1. The highest BCUT2D eigenvalue weighted by molar-refractivity contribution is 5.91. The van der Waals surface area contributed by atoms with E-state index in [4.69, 9.17) is 47.4 Å². The van der Waals surface area contributed by atoms with Crippen molar-refractivity contribution >= 4 is 29.8 Å². The molecule has 18 nitrogen and oxygen atoms in total. The molecule has 4 aromatic carbocycles. The Balaban J connectivity index is 1.36. The number of ether oxygens (including phenoxy) is 10. The fourth-order valence-electron chi connectivity index (χ4n) is 6.93. The van der Waals surface area contributed by atoms with Crippen LogP contribution in [0.1, 0.15) is 50.5 Å². The molecule has 0 unspecified atom stereocenters. The first-order valence-electron chi connectivity index (χ1n) is 19.8. The Labute approximate surface area is 361 Å². The minimum Gasteiger partial charge on any atom is -0.463 e. The van der Waals surface area contributed by atoms with E-state index in [1.807, 2.05) is 6.07 Å². The van der Waals surface area contributed by atoms with E-state index in [-0.39, 0.29) is 23.3 Å². The zero-order valence-corrected chi connectivity index (χ0v) is 34.4. The molecule has 0 amide bonds. The van der Waals surface area contributed by atoms with Crippen molar-refractivity contribution in [2.45, 2.75) is 81.8 Å². The minimum atomic E-state index is -1.60. The Bertz CT molecular complexity index is 2190. The molecule has 0 aliphatic carbocycles. The number of carbonyl (C=O) groups excluding carboxylic acids is 5. The molecule has 330 valence electrons. The fourth-order valence-corrected chi connectivity index (χ4v) is 6.93. The van der Waals surface area contributed by atoms with Crippen LogP contribution in [0.4, 0.5) is 0 Å². The highest BCUT2D eigenvalue weighted by atomic mass is 16.7. The summed E-state index contributed by atoms with van der Waals surface area (Å²) in [5, 5.41) is 3.89. The van der Waals surface area contributed by atoms with Gasteiger partial charge in [0.1, 0.15) is 37.1 Å². The van der Waals surface area contributed by atoms with Crippen LogP contribution >= 0.6 is 0 Å². The lowest BCUT2D eigenvalue weighted by molar-refractivity contribution is -0.315. The number of hydrogen-bond donors (Lipinski definition) is 0. The van der Waals surface area contributed by atoms with Gasteiger partial charge in [-0.15, -0.1) is 0 Å². The van der Waals surface area contributed by atoms with Crippen molar-refractivity contribution in [1.29, 1.82) is 0 Å². The van der Waals surface area contributed by atoms with Gasteiger partial charge in [0, 0.05) is 25.9 Å². The maximum Gasteiger partial charge on any atom is 0.338 e. The van der Waals surface area contributed by atoms with Crippen LogP contribution in [0.3, 0.4) is 0 Å². The molecule has 2 saturated heterocycles. The molecule has 0 bridgehead atoms. The summed E-state index contributed by atoms with van der Waals surface area (Å²) in [6.45, 7) is 1.37. The highest BCUT2D eigenvalue weighted by Gasteiger charge is 2.55. The first kappa shape index (κ1) is 45.9. The predicted molar refractivity (Wildman–Crippen MR) is 217 cm³/mol. The van der Waals surface area contributed by atoms with Crippen LogP contribution in [-0.4, -0.2) is 112 Å². The van der Waals surface area contributed by atoms with Crippen LogP contribution in [0.5, 0.6) is 0 Å². The zero-order valence-electron chi connectivity index (χ0n) is 34.4. The van der Waals surface area contributed by atoms with Crippen LogP contribution in [0, 0.1) is 0 Å². The number of hydrogen-bond acceptors (Lipinski definition) is 16. The summed E-state index contributed by atoms with van der Waals surface area (Å²) in [5.41, 5.74) is 10.9. The predicted octanol–water partition coefficient (Wildman–Crippen LogP) is 5.54. The number of benzene rings is 4. The number of nitrogens with zero attached hydrogens (tertiary/aromatic N) is 3. The van der Waals surface area contributed by atoms with Crippen molar-refractivity contribution in [3.05, 3.63) is 154 Å². The highest BCUT2D eigenvalue weighted by Crippen LogP contribution is 2.34. The molecule has 2 aliphatic rings. The topological polar surface area (TPSA) is 226 Å². The Morgan fingerprint density at radius 1 is 0.556 bits per heavy atom. The van der Waals surface area contributed by atoms with Gasteiger partial charge in [-0.2, -0.15) is 0 Å². The maximum absolute atomic E-state index is 13.8. The number of esters is 5. The van der Waals surface area contributed by atoms with E-state index in [0.717, 1.165) is 12.5 Å². The molecule has 0 N–H and O–H groups in total. The van der Waals surface area contributed by atoms with Gasteiger partial charge in [-0.25, -0.2) is 14.4 Å². The molecule has 0 radical (unpaired) electrons. The summed E-state index contributed by atoms with van der Waals surface area (Å²) in [5.74, 6) is -3.97. The fraction of sp³-hybridized carbons (Fsp3) is 0.356. The molecule has 2 aliphatic heterocycles. The molecular formula is C45H45N3O15. The molecule has 2 heterocycles. The first-order valence-corrected chi connectivity index (χ1v) is 19.8. The van der Waals surface area contributed by atoms with E-state index in [1.54, 1.807) is 78.9 Å². The summed E-state index contributed by atoms with van der Waals surface area (Å²) in [7, 11) is 1.26. The second kappa shape index (κ2) is 22.4. The van der Waals surface area contributed by atoms with Gasteiger partial charge in [0.05, 0.1) is 29.9 Å². The molecule has 0 spiro atoms. The minimum absolute atomic E-state index is 0.000397. The summed E-state index contributed by atoms with van der Waals surface area (Å²) in [4.78, 5) is 68.8. The Hall–Kier alpha value is -6.66. The van der Waals surface area contributed by atoms with Crippen LogP contribution in [0.25, 0.3) is 10.4 Å². The Kier molecular flexibility index (Phi) is 16.3. The average Bonchev–Trinajstić information content (AvgIpc) is 3.30. The van der Waals surface area contributed by atoms with Crippen molar-refractivity contribution < 1.29 is 71.3 Å². The van der Waals surface area contributed by atoms with Gasteiger partial charge < -0.3 is 47.4 Å². The van der Waals surface area contributed by atoms with Gasteiger partial charge in [-0.3, -0.25) is 9.59 Å². The number of rotatable bonds is 17. The largest absolute Gasteiger partial charge is 0.463 e. The van der Waals surface area contributed by atoms with Crippen molar-refractivity contribution in [2.24, 2.45) is 5.11 Å². The molecule has 18 heteroatoms. The monoisotopic (exact) mass is 867 g/mol. The third-order valence-corrected chi connectivity index (χ3v) is 9.84. The standard InChI is InChI=1S/C45H45N3O15/c1-27(49)55-25-33-36(56-24-29-16-8-4-9-17-29)38(58-28(2)50)35(47-48-46)44(59-33)57-26-34-37(61-41(51)30-18-10-5-11-19-30)39(62-42(52)31-20-12-6-13-21-31)40(45(54-3)60-34)63-43(53)32-22-14-7-15-23-32/h4-23,33-40,44-45H,24-26H2,1-3H3/t33-,34-,35-,36+,37-,38-,39+,40-,44-,45+/m1/s1. The molecule has 6 rings (SSSR count). The zero-order chi connectivity index (χ0) is 44.7. The van der Waals surface area contributed by atoms with E-state index in [9.17, 15) is 29.5 Å². The van der Waals surface area contributed by atoms with Gasteiger partial charge in [0.2, 0.25) is 0 Å². The van der Waals surface area contributed by atoms with Crippen molar-refractivity contribution in [3.8, 4) is 0 Å². The third kappa shape index (κ3) is 12.3. The normalized spacial score (nSPS) is 25.3. The quantitative estimate of drug-likeness (QED) is 0.0418. The third-order valence-electron chi connectivity index (χ3n) is 9.84. The van der Waals surface area contributed by atoms with Gasteiger partial charge in [0.25, 0.3) is 0 Å². The summed E-state index contributed by atoms with van der Waals surface area (Å²) in [6, 6.07) is 31.5. The average molecular weight is 868 g/mol. The number of methoxy groups -OCH3 is 1. The molecule has 4 aromatic rings. The van der Waals surface area contributed by atoms with Crippen LogP contribution < -0.4 is 0 Å². The maximum atomic E-state index is 13.8. The molecule has 2 fully saturated rings. The lowest BCUT2D eigenvalue weighted by atomic mass is 9.96. The van der Waals surface area contributed by atoms with Crippen molar-refractivity contribution in [3.63, 3.8) is 0 Å². The Morgan fingerprint density at radius 3 is 1.52 bits per heavy atom. The van der Waals surface area contributed by atoms with Crippen molar-refractivity contribution in [2.75, 3.05) is 20.3 Å². The summed E-state index contributed by atoms with van der Waals surface area (Å²) >= 11 is 0. The van der Waals surface area contributed by atoms with E-state index in [2.05, 4.69) is 10.0 Å². The van der Waals surface area contributed by atoms with E-state index in [1.165, 1.54) is 50.4 Å². The van der Waals surface area contributed by atoms with Crippen molar-refractivity contribution in [1.82, 2.24) is 0 Å². The van der Waals surface area contributed by atoms with E-state index < -0.39 is 104 Å². The second-order valence-corrected chi connectivity index (χ2v) is 14.2. The molecule has 63 heavy (non-hydrogen) atoms. The molecule has 0 aromatic heterocycles. The van der Waals surface area contributed by atoms with Crippen LogP contribution in [0.15, 0.2) is 126 Å². The van der Waals surface area contributed by atoms with Gasteiger partial charge >= 0.3 is 29.8 Å². The summed E-state index contributed by atoms with van der Waals surface area (Å²) in [6.07, 6.45) is -12.8. The molecular weight excluding hydrogens is 823 g/mol. The lowest BCUT2D eigenvalue weighted by Crippen LogP contribution is -2.64. The second-order valence-electron chi connectivity index (χ2n) is 14.2. The van der Waals surface area contributed by atoms with E-state index >= 15 is 0 Å². The smallest absolute Gasteiger partial charge is 0.338 e. The van der Waals surface area contributed by atoms with Gasteiger partial charge in [-0.1, -0.05) is 90.0 Å². The number of carbonyl (C=O) groups is 5. The van der Waals surface area contributed by atoms with Crippen LogP contribution in [0.2, 0.25) is 0 Å². The van der Waals surface area contributed by atoms with E-state index in [0.29, 0.717) is 0 Å². The van der Waals surface area contributed by atoms with Crippen LogP contribution in [-0.2, 0) is 63.6 Å². The Morgan fingerprint density at radius 2 is 1.03 bits per heavy atom. The summed E-state index contributed by atoms with van der Waals surface area (Å²) < 4.78 is 59.9. The molecule has 10 atom stereocenters. The first-order chi connectivity index (χ1) is 30.6. The SMILES string of the molecule is CO[C@H]1O[C@H](CO[C@@H]2O[C@H](COC(C)=O)[C@H](OCc3ccccc3)[C@H](OC(C)=O)[C@H]2N=[N+]=[N-])[C@@H](OC(=O)c2ccccc2)[C@H](OC(=O)c2ccccc2)[C@H]1OC(=O)c1ccccc1. The lowest BCUT2D eigenvalue weighted by Gasteiger charge is -2.46. The van der Waals surface area contributed by atoms with Gasteiger partial charge in [0.15, 0.2) is 30.9 Å².